The van der Waals surface area contributed by atoms with Gasteiger partial charge < -0.3 is 10.1 Å². The summed E-state index contributed by atoms with van der Waals surface area (Å²) in [5.41, 5.74) is 3.94. The Morgan fingerprint density at radius 2 is 2.29 bits per heavy atom. The van der Waals surface area contributed by atoms with E-state index in [1.54, 1.807) is 24.6 Å². The van der Waals surface area contributed by atoms with E-state index in [4.69, 9.17) is 4.74 Å². The summed E-state index contributed by atoms with van der Waals surface area (Å²) < 4.78 is 5.81. The number of hydrogen-bond donors (Lipinski definition) is 1. The molecule has 1 atom stereocenters. The molecule has 28 heavy (non-hydrogen) atoms. The van der Waals surface area contributed by atoms with Crippen LogP contribution in [0.4, 0.5) is 5.69 Å². The van der Waals surface area contributed by atoms with Crippen molar-refractivity contribution in [3.63, 3.8) is 0 Å². The van der Waals surface area contributed by atoms with Crippen molar-refractivity contribution in [2.24, 2.45) is 10.9 Å². The SMILES string of the molecule is C=CNc1ccc(C#CC2C=CCC=NC2)cc1/C(OC)=C(\C)c1cccs1. The van der Waals surface area contributed by atoms with E-state index >= 15 is 0 Å². The number of ether oxygens (including phenoxy) is 1. The molecule has 1 unspecified atom stereocenters. The molecule has 1 aliphatic heterocycles. The van der Waals surface area contributed by atoms with Gasteiger partial charge in [-0.05, 0) is 42.8 Å². The van der Waals surface area contributed by atoms with Crippen LogP contribution in [-0.2, 0) is 4.74 Å². The maximum absolute atomic E-state index is 5.81. The highest BCUT2D eigenvalue weighted by molar-refractivity contribution is 7.11. The third kappa shape index (κ3) is 4.82. The van der Waals surface area contributed by atoms with Crippen LogP contribution < -0.4 is 5.32 Å². The highest BCUT2D eigenvalue weighted by Crippen LogP contribution is 2.33. The van der Waals surface area contributed by atoms with Crippen LogP contribution in [0.2, 0.25) is 0 Å². The monoisotopic (exact) mass is 388 g/mol. The van der Waals surface area contributed by atoms with Gasteiger partial charge in [-0.25, -0.2) is 0 Å². The van der Waals surface area contributed by atoms with E-state index in [0.29, 0.717) is 6.54 Å². The van der Waals surface area contributed by atoms with Gasteiger partial charge in [0.05, 0.1) is 19.6 Å². The second-order valence-electron chi connectivity index (χ2n) is 6.33. The fourth-order valence-electron chi connectivity index (χ4n) is 3.01. The molecule has 0 aliphatic carbocycles. The van der Waals surface area contributed by atoms with E-state index in [9.17, 15) is 0 Å². The number of nitrogens with one attached hydrogen (secondary N) is 1. The van der Waals surface area contributed by atoms with E-state index in [1.807, 2.05) is 24.4 Å². The van der Waals surface area contributed by atoms with Crippen LogP contribution in [0.5, 0.6) is 0 Å². The molecule has 1 N–H and O–H groups in total. The van der Waals surface area contributed by atoms with Crippen molar-refractivity contribution in [1.29, 1.82) is 0 Å². The minimum absolute atomic E-state index is 0.151. The zero-order valence-electron chi connectivity index (χ0n) is 16.2. The molecule has 2 heterocycles. The van der Waals surface area contributed by atoms with Crippen LogP contribution in [0, 0.1) is 17.8 Å². The topological polar surface area (TPSA) is 33.6 Å². The summed E-state index contributed by atoms with van der Waals surface area (Å²) in [7, 11) is 1.71. The maximum Gasteiger partial charge on any atom is 0.132 e. The Hall–Kier alpha value is -3.03. The Morgan fingerprint density at radius 1 is 1.39 bits per heavy atom. The van der Waals surface area contributed by atoms with Crippen LogP contribution in [0.1, 0.15) is 29.3 Å². The van der Waals surface area contributed by atoms with Gasteiger partial charge in [0, 0.05) is 39.9 Å². The fourth-order valence-corrected chi connectivity index (χ4v) is 3.74. The molecular formula is C24H24N2OS. The molecular weight excluding hydrogens is 364 g/mol. The molecule has 2 aromatic rings. The normalized spacial score (nSPS) is 16.4. The Labute approximate surface area is 171 Å². The minimum atomic E-state index is 0.151. The molecule has 0 radical (unpaired) electrons. The van der Waals surface area contributed by atoms with Gasteiger partial charge >= 0.3 is 0 Å². The molecule has 0 saturated heterocycles. The van der Waals surface area contributed by atoms with Crippen molar-refractivity contribution in [2.45, 2.75) is 13.3 Å². The van der Waals surface area contributed by atoms with Gasteiger partial charge in [0.1, 0.15) is 5.76 Å². The van der Waals surface area contributed by atoms with Crippen molar-refractivity contribution in [3.05, 3.63) is 76.6 Å². The van der Waals surface area contributed by atoms with Gasteiger partial charge in [-0.3, -0.25) is 4.99 Å². The van der Waals surface area contributed by atoms with Crippen LogP contribution in [0.15, 0.2) is 65.6 Å². The molecule has 1 aromatic carbocycles. The van der Waals surface area contributed by atoms with Gasteiger partial charge in [-0.2, -0.15) is 0 Å². The van der Waals surface area contributed by atoms with E-state index < -0.39 is 0 Å². The zero-order chi connectivity index (χ0) is 19.8. The molecule has 4 heteroatoms. The van der Waals surface area contributed by atoms with Crippen molar-refractivity contribution in [1.82, 2.24) is 0 Å². The van der Waals surface area contributed by atoms with E-state index in [0.717, 1.165) is 34.6 Å². The number of methoxy groups -OCH3 is 1. The Kier molecular flexibility index (Phi) is 6.89. The second kappa shape index (κ2) is 9.77. The van der Waals surface area contributed by atoms with Crippen LogP contribution in [-0.4, -0.2) is 19.9 Å². The number of aliphatic imine (C=N–C) groups is 1. The summed E-state index contributed by atoms with van der Waals surface area (Å²) in [6.07, 6.45) is 8.75. The Bertz CT molecular complexity index is 972. The Morgan fingerprint density at radius 3 is 3.04 bits per heavy atom. The molecule has 142 valence electrons. The van der Waals surface area contributed by atoms with E-state index in [2.05, 4.69) is 65.3 Å². The van der Waals surface area contributed by atoms with Crippen LogP contribution in [0.3, 0.4) is 0 Å². The molecule has 0 saturated carbocycles. The summed E-state index contributed by atoms with van der Waals surface area (Å²) in [5.74, 6) is 7.60. The van der Waals surface area contributed by atoms with E-state index in [1.165, 1.54) is 4.88 Å². The maximum atomic E-state index is 5.81. The molecule has 3 rings (SSSR count). The first kappa shape index (κ1) is 19.7. The van der Waals surface area contributed by atoms with Crippen molar-refractivity contribution in [3.8, 4) is 11.8 Å². The third-order valence-corrected chi connectivity index (χ3v) is 5.39. The predicted molar refractivity (Wildman–Crippen MR) is 122 cm³/mol. The number of rotatable bonds is 5. The highest BCUT2D eigenvalue weighted by atomic mass is 32.1. The first-order valence-electron chi connectivity index (χ1n) is 9.20. The quantitative estimate of drug-likeness (QED) is 0.397. The van der Waals surface area contributed by atoms with Gasteiger partial charge in [-0.15, -0.1) is 11.3 Å². The molecule has 0 spiro atoms. The first-order valence-corrected chi connectivity index (χ1v) is 10.1. The lowest BCUT2D eigenvalue weighted by atomic mass is 10.0. The summed E-state index contributed by atoms with van der Waals surface area (Å²) in [4.78, 5) is 5.56. The lowest BCUT2D eigenvalue weighted by molar-refractivity contribution is 0.371. The lowest BCUT2D eigenvalue weighted by Crippen LogP contribution is -1.99. The highest BCUT2D eigenvalue weighted by Gasteiger charge is 2.14. The summed E-state index contributed by atoms with van der Waals surface area (Å²) in [6.45, 7) is 6.58. The number of nitrogens with zero attached hydrogens (tertiary/aromatic N) is 1. The van der Waals surface area contributed by atoms with Gasteiger partial charge in [-0.1, -0.05) is 36.6 Å². The molecule has 0 bridgehead atoms. The molecule has 0 fully saturated rings. The number of hydrogen-bond acceptors (Lipinski definition) is 4. The fraction of sp³-hybridized carbons (Fsp3) is 0.208. The largest absolute Gasteiger partial charge is 0.496 e. The van der Waals surface area contributed by atoms with Crippen LogP contribution in [0.25, 0.3) is 11.3 Å². The average molecular weight is 389 g/mol. The van der Waals surface area contributed by atoms with Crippen molar-refractivity contribution >= 4 is 34.6 Å². The average Bonchev–Trinajstić information content (AvgIpc) is 3.13. The van der Waals surface area contributed by atoms with Gasteiger partial charge in [0.25, 0.3) is 0 Å². The minimum Gasteiger partial charge on any atom is -0.496 e. The molecule has 1 aliphatic rings. The first-order chi connectivity index (χ1) is 13.7. The van der Waals surface area contributed by atoms with Crippen molar-refractivity contribution < 1.29 is 4.74 Å². The van der Waals surface area contributed by atoms with Gasteiger partial charge in [0.2, 0.25) is 0 Å². The Balaban J connectivity index is 2.01. The number of thiophene rings is 1. The van der Waals surface area contributed by atoms with Crippen LogP contribution >= 0.6 is 11.3 Å². The number of anilines is 1. The summed E-state index contributed by atoms with van der Waals surface area (Å²) >= 11 is 1.70. The van der Waals surface area contributed by atoms with E-state index in [-0.39, 0.29) is 5.92 Å². The van der Waals surface area contributed by atoms with Gasteiger partial charge in [0.15, 0.2) is 0 Å². The summed E-state index contributed by atoms with van der Waals surface area (Å²) in [5, 5.41) is 5.28. The third-order valence-electron chi connectivity index (χ3n) is 4.40. The van der Waals surface area contributed by atoms with Crippen molar-refractivity contribution in [2.75, 3.05) is 19.0 Å². The number of benzene rings is 1. The lowest BCUT2D eigenvalue weighted by Gasteiger charge is -2.15. The summed E-state index contributed by atoms with van der Waals surface area (Å²) in [6, 6.07) is 10.2. The predicted octanol–water partition coefficient (Wildman–Crippen LogP) is 5.84. The molecule has 1 aromatic heterocycles. The molecule has 3 nitrogen and oxygen atoms in total. The standard InChI is InChI=1S/C24H24N2OS/c1-4-26-22-13-12-19(10-11-20-8-5-6-14-25-17-20)16-21(22)24(27-3)18(2)23-9-7-15-28-23/h4-5,7-9,12-16,20,26H,1,6,17H2,2-3H3/b24-18-. The molecule has 0 amide bonds. The zero-order valence-corrected chi connectivity index (χ0v) is 17.1. The smallest absolute Gasteiger partial charge is 0.132 e. The number of allylic oxidation sites excluding steroid dienone is 2. The second-order valence-corrected chi connectivity index (χ2v) is 7.28.